The van der Waals surface area contributed by atoms with E-state index in [4.69, 9.17) is 0 Å². The molecule has 1 aromatic carbocycles. The van der Waals surface area contributed by atoms with Crippen LogP contribution in [-0.2, 0) is 15.8 Å². The van der Waals surface area contributed by atoms with Crippen LogP contribution in [0.3, 0.4) is 0 Å². The monoisotopic (exact) mass is 474 g/mol. The standard InChI is InChI=1S/C23H25F3N6O2/c1-12(33)27-11-20(34)32-18-7-8-19(32)16-9-14(5-6-15(16)18)30-22-28-10-17(23(24,25)26)21(31-22)29-13-3-2-4-13/h5-6,9-10,13,18-19H,2-4,7-8,11H2,1H3,(H,27,33)(H2,28,29,30,31)/t18-,19?/m0/s1. The van der Waals surface area contributed by atoms with E-state index in [0.29, 0.717) is 5.69 Å². The molecule has 1 saturated heterocycles. The van der Waals surface area contributed by atoms with Gasteiger partial charge in [0.25, 0.3) is 0 Å². The summed E-state index contributed by atoms with van der Waals surface area (Å²) in [4.78, 5) is 33.7. The highest BCUT2D eigenvalue weighted by Crippen LogP contribution is 2.53. The van der Waals surface area contributed by atoms with Crippen molar-refractivity contribution in [3.05, 3.63) is 41.1 Å². The number of fused-ring (bicyclic) bond motifs is 5. The van der Waals surface area contributed by atoms with Crippen LogP contribution in [0, 0.1) is 0 Å². The second-order valence-corrected chi connectivity index (χ2v) is 9.01. The van der Waals surface area contributed by atoms with E-state index in [9.17, 15) is 22.8 Å². The summed E-state index contributed by atoms with van der Waals surface area (Å²) in [7, 11) is 0. The first-order valence-corrected chi connectivity index (χ1v) is 11.4. The summed E-state index contributed by atoms with van der Waals surface area (Å²) in [6.45, 7) is 1.33. The predicted octanol–water partition coefficient (Wildman–Crippen LogP) is 4.06. The largest absolute Gasteiger partial charge is 0.421 e. The van der Waals surface area contributed by atoms with Crippen LogP contribution in [0.4, 0.5) is 30.6 Å². The first-order chi connectivity index (χ1) is 16.2. The lowest BCUT2D eigenvalue weighted by molar-refractivity contribution is -0.137. The molecule has 1 aliphatic carbocycles. The number of rotatable bonds is 6. The van der Waals surface area contributed by atoms with Gasteiger partial charge in [0.05, 0.1) is 18.6 Å². The summed E-state index contributed by atoms with van der Waals surface area (Å²) in [6.07, 6.45) is 0.534. The van der Waals surface area contributed by atoms with E-state index in [1.54, 1.807) is 0 Å². The Bertz CT molecular complexity index is 1130. The van der Waals surface area contributed by atoms with Gasteiger partial charge in [-0.1, -0.05) is 6.07 Å². The van der Waals surface area contributed by atoms with Crippen molar-refractivity contribution >= 4 is 29.3 Å². The summed E-state index contributed by atoms with van der Waals surface area (Å²) in [5.41, 5.74) is 1.80. The highest BCUT2D eigenvalue weighted by molar-refractivity contribution is 5.85. The number of nitrogens with zero attached hydrogens (tertiary/aromatic N) is 3. The summed E-state index contributed by atoms with van der Waals surface area (Å²) in [5.74, 6) is -0.543. The lowest BCUT2D eigenvalue weighted by Gasteiger charge is -2.28. The summed E-state index contributed by atoms with van der Waals surface area (Å²) < 4.78 is 40.3. The maximum absolute atomic E-state index is 13.4. The minimum atomic E-state index is -4.55. The Balaban J connectivity index is 1.36. The van der Waals surface area contributed by atoms with Crippen LogP contribution in [0.5, 0.6) is 0 Å². The third-order valence-electron chi connectivity index (χ3n) is 6.76. The topological polar surface area (TPSA) is 99.3 Å². The highest BCUT2D eigenvalue weighted by atomic mass is 19.4. The van der Waals surface area contributed by atoms with Gasteiger partial charge in [0.1, 0.15) is 11.4 Å². The van der Waals surface area contributed by atoms with Gasteiger partial charge < -0.3 is 20.9 Å². The number of nitrogens with one attached hydrogen (secondary N) is 3. The van der Waals surface area contributed by atoms with Crippen LogP contribution >= 0.6 is 0 Å². The van der Waals surface area contributed by atoms with Gasteiger partial charge in [-0.25, -0.2) is 4.98 Å². The molecule has 3 aliphatic rings. The molecule has 2 atom stereocenters. The average molecular weight is 474 g/mol. The van der Waals surface area contributed by atoms with E-state index in [0.717, 1.165) is 49.4 Å². The number of hydrogen-bond acceptors (Lipinski definition) is 6. The van der Waals surface area contributed by atoms with Crippen LogP contribution in [0.1, 0.15) is 67.8 Å². The second kappa shape index (κ2) is 8.44. The maximum atomic E-state index is 13.4. The SMILES string of the molecule is CC(=O)NCC(=O)N1C2CC[C@H]1c1ccc(Nc3ncc(C(F)(F)F)c(NC4CCC4)n3)cc12. The van der Waals surface area contributed by atoms with Crippen LogP contribution in [0.25, 0.3) is 0 Å². The Morgan fingerprint density at radius 2 is 1.85 bits per heavy atom. The van der Waals surface area contributed by atoms with Crippen molar-refractivity contribution in [1.29, 1.82) is 0 Å². The number of hydrogen-bond donors (Lipinski definition) is 3. The lowest BCUT2D eigenvalue weighted by Crippen LogP contribution is -2.37. The van der Waals surface area contributed by atoms with Crippen LogP contribution in [0.15, 0.2) is 24.4 Å². The molecular formula is C23H25F3N6O2. The molecule has 3 N–H and O–H groups in total. The van der Waals surface area contributed by atoms with Crippen LogP contribution in [0.2, 0.25) is 0 Å². The van der Waals surface area contributed by atoms with Gasteiger partial charge in [-0.2, -0.15) is 18.2 Å². The molecule has 0 spiro atoms. The molecule has 11 heteroatoms. The molecular weight excluding hydrogens is 449 g/mol. The maximum Gasteiger partial charge on any atom is 0.421 e. The van der Waals surface area contributed by atoms with Gasteiger partial charge in [-0.15, -0.1) is 0 Å². The molecule has 0 radical (unpaired) electrons. The number of aromatic nitrogens is 2. The van der Waals surface area contributed by atoms with Crippen molar-refractivity contribution in [2.75, 3.05) is 17.2 Å². The molecule has 34 heavy (non-hydrogen) atoms. The third-order valence-corrected chi connectivity index (χ3v) is 6.76. The fraction of sp³-hybridized carbons (Fsp3) is 0.478. The zero-order chi connectivity index (χ0) is 24.0. The quantitative estimate of drug-likeness (QED) is 0.584. The minimum absolute atomic E-state index is 0.0135. The van der Waals surface area contributed by atoms with E-state index >= 15 is 0 Å². The van der Waals surface area contributed by atoms with Gasteiger partial charge in [-0.05, 0) is 55.4 Å². The zero-order valence-electron chi connectivity index (χ0n) is 18.6. The lowest BCUT2D eigenvalue weighted by atomic mass is 9.91. The number of carbonyl (C=O) groups is 2. The molecule has 1 unspecified atom stereocenters. The molecule has 2 amide bonds. The van der Waals surface area contributed by atoms with Crippen molar-refractivity contribution in [3.63, 3.8) is 0 Å². The van der Waals surface area contributed by atoms with E-state index in [1.807, 2.05) is 23.1 Å². The Morgan fingerprint density at radius 3 is 2.50 bits per heavy atom. The van der Waals surface area contributed by atoms with Gasteiger partial charge in [0, 0.05) is 24.8 Å². The first-order valence-electron chi connectivity index (χ1n) is 11.4. The number of anilines is 3. The fourth-order valence-corrected chi connectivity index (χ4v) is 4.94. The Hall–Kier alpha value is -3.37. The molecule has 8 nitrogen and oxygen atoms in total. The summed E-state index contributed by atoms with van der Waals surface area (Å²) >= 11 is 0. The minimum Gasteiger partial charge on any atom is -0.367 e. The van der Waals surface area contributed by atoms with Crippen molar-refractivity contribution in [3.8, 4) is 0 Å². The Morgan fingerprint density at radius 1 is 1.12 bits per heavy atom. The van der Waals surface area contributed by atoms with Crippen molar-refractivity contribution < 1.29 is 22.8 Å². The predicted molar refractivity (Wildman–Crippen MR) is 118 cm³/mol. The number of benzene rings is 1. The van der Waals surface area contributed by atoms with Crippen LogP contribution < -0.4 is 16.0 Å². The average Bonchev–Trinajstić information content (AvgIpc) is 3.31. The molecule has 5 rings (SSSR count). The van der Waals surface area contributed by atoms with E-state index < -0.39 is 11.7 Å². The van der Waals surface area contributed by atoms with Crippen molar-refractivity contribution in [2.45, 2.75) is 63.3 Å². The van der Waals surface area contributed by atoms with Gasteiger partial charge >= 0.3 is 6.18 Å². The Kier molecular flexibility index (Phi) is 5.57. The van der Waals surface area contributed by atoms with E-state index in [-0.39, 0.29) is 48.3 Å². The molecule has 2 aliphatic heterocycles. The normalized spacial score (nSPS) is 21.1. The van der Waals surface area contributed by atoms with Crippen molar-refractivity contribution in [1.82, 2.24) is 20.2 Å². The molecule has 1 saturated carbocycles. The van der Waals surface area contributed by atoms with Gasteiger partial charge in [-0.3, -0.25) is 9.59 Å². The molecule has 3 heterocycles. The Labute approximate surface area is 194 Å². The highest BCUT2D eigenvalue weighted by Gasteiger charge is 2.46. The van der Waals surface area contributed by atoms with Gasteiger partial charge in [0.2, 0.25) is 17.8 Å². The number of carbonyl (C=O) groups excluding carboxylic acids is 2. The fourth-order valence-electron chi connectivity index (χ4n) is 4.94. The third kappa shape index (κ3) is 4.14. The summed E-state index contributed by atoms with van der Waals surface area (Å²) in [6, 6.07) is 5.51. The zero-order valence-corrected chi connectivity index (χ0v) is 18.6. The molecule has 1 aromatic heterocycles. The number of amides is 2. The van der Waals surface area contributed by atoms with E-state index in [2.05, 4.69) is 25.9 Å². The summed E-state index contributed by atoms with van der Waals surface area (Å²) in [5, 5.41) is 8.47. The molecule has 2 fully saturated rings. The second-order valence-electron chi connectivity index (χ2n) is 9.01. The number of alkyl halides is 3. The molecule has 2 bridgehead atoms. The van der Waals surface area contributed by atoms with Crippen molar-refractivity contribution in [2.24, 2.45) is 0 Å². The molecule has 2 aromatic rings. The smallest absolute Gasteiger partial charge is 0.367 e. The van der Waals surface area contributed by atoms with E-state index in [1.165, 1.54) is 6.92 Å². The van der Waals surface area contributed by atoms with Crippen LogP contribution in [-0.4, -0.2) is 39.3 Å². The van der Waals surface area contributed by atoms with Gasteiger partial charge in [0.15, 0.2) is 0 Å². The number of halogens is 3. The first kappa shape index (κ1) is 22.4. The molecule has 180 valence electrons.